The Labute approximate surface area is 164 Å². The van der Waals surface area contributed by atoms with Crippen molar-refractivity contribution in [3.63, 3.8) is 0 Å². The maximum absolute atomic E-state index is 10.3. The summed E-state index contributed by atoms with van der Waals surface area (Å²) < 4.78 is 5.17. The molecule has 5 heteroatoms. The fourth-order valence-electron chi connectivity index (χ4n) is 2.96. The molecule has 3 aromatic rings. The Kier molecular flexibility index (Phi) is 6.58. The Balaban J connectivity index is 1.69. The second-order valence-electron chi connectivity index (χ2n) is 6.12. The van der Waals surface area contributed by atoms with E-state index in [4.69, 9.17) is 16.3 Å². The summed E-state index contributed by atoms with van der Waals surface area (Å²) in [5, 5.41) is 17.8. The number of hydrogen-bond donors (Lipinski definition) is 3. The summed E-state index contributed by atoms with van der Waals surface area (Å²) in [5.74, 6) is 1.08. The van der Waals surface area contributed by atoms with Crippen LogP contribution in [0.5, 0.6) is 11.5 Å². The van der Waals surface area contributed by atoms with E-state index >= 15 is 0 Å². The first-order chi connectivity index (χ1) is 13.2. The lowest BCUT2D eigenvalue weighted by Crippen LogP contribution is -2.28. The van der Waals surface area contributed by atoms with Gasteiger partial charge in [0.25, 0.3) is 0 Å². The van der Waals surface area contributed by atoms with E-state index in [0.29, 0.717) is 11.6 Å². The highest BCUT2D eigenvalue weighted by molar-refractivity contribution is 6.31. The molecule has 0 aliphatic heterocycles. The van der Waals surface area contributed by atoms with E-state index < -0.39 is 0 Å². The third-order valence-corrected chi connectivity index (χ3v) is 4.70. The maximum Gasteiger partial charge on any atom is 0.120 e. The lowest BCUT2D eigenvalue weighted by Gasteiger charge is -2.22. The van der Waals surface area contributed by atoms with Crippen LogP contribution in [0.2, 0.25) is 5.02 Å². The van der Waals surface area contributed by atoms with E-state index in [-0.39, 0.29) is 11.8 Å². The average Bonchev–Trinajstić information content (AvgIpc) is 2.70. The number of rotatable bonds is 8. The molecule has 140 valence electrons. The third-order valence-electron chi connectivity index (χ3n) is 4.36. The first-order valence-electron chi connectivity index (χ1n) is 8.82. The summed E-state index contributed by atoms with van der Waals surface area (Å²) in [6.45, 7) is 1.41. The Morgan fingerprint density at radius 2 is 1.56 bits per heavy atom. The van der Waals surface area contributed by atoms with E-state index in [2.05, 4.69) is 10.6 Å². The van der Waals surface area contributed by atoms with Crippen molar-refractivity contribution in [1.82, 2.24) is 5.32 Å². The van der Waals surface area contributed by atoms with Gasteiger partial charge in [-0.1, -0.05) is 48.0 Å². The van der Waals surface area contributed by atoms with Crippen molar-refractivity contribution in [3.8, 4) is 11.5 Å². The van der Waals surface area contributed by atoms with Crippen LogP contribution in [0.1, 0.15) is 17.2 Å². The van der Waals surface area contributed by atoms with Gasteiger partial charge in [0, 0.05) is 29.4 Å². The highest BCUT2D eigenvalue weighted by atomic mass is 35.5. The van der Waals surface area contributed by atoms with Gasteiger partial charge in [0.05, 0.1) is 13.2 Å². The number of aromatic hydroxyl groups is 1. The summed E-state index contributed by atoms with van der Waals surface area (Å²) in [6, 6.07) is 22.6. The molecule has 0 radical (unpaired) electrons. The van der Waals surface area contributed by atoms with Crippen molar-refractivity contribution in [2.45, 2.75) is 6.04 Å². The molecule has 0 aliphatic rings. The number of para-hydroxylation sites is 1. The van der Waals surface area contributed by atoms with Crippen molar-refractivity contribution in [3.05, 3.63) is 88.9 Å². The summed E-state index contributed by atoms with van der Waals surface area (Å²) in [5.41, 5.74) is 2.76. The Bertz CT molecular complexity index is 823. The predicted molar refractivity (Wildman–Crippen MR) is 111 cm³/mol. The van der Waals surface area contributed by atoms with Gasteiger partial charge in [0.15, 0.2) is 0 Å². The van der Waals surface area contributed by atoms with Crippen LogP contribution in [0.3, 0.4) is 0 Å². The van der Waals surface area contributed by atoms with Crippen LogP contribution in [0.25, 0.3) is 0 Å². The number of methoxy groups -OCH3 is 1. The SMILES string of the molecule is COc1ccc(NCCNC(c2ccccc2O)c2ccccc2Cl)cc1. The highest BCUT2D eigenvalue weighted by Crippen LogP contribution is 2.32. The Hall–Kier alpha value is -2.69. The minimum absolute atomic E-state index is 0.197. The smallest absolute Gasteiger partial charge is 0.120 e. The molecule has 3 N–H and O–H groups in total. The number of ether oxygens (including phenoxy) is 1. The second-order valence-corrected chi connectivity index (χ2v) is 6.53. The van der Waals surface area contributed by atoms with Crippen LogP contribution in [0.4, 0.5) is 5.69 Å². The summed E-state index contributed by atoms with van der Waals surface area (Å²) in [6.07, 6.45) is 0. The van der Waals surface area contributed by atoms with E-state index in [1.807, 2.05) is 66.7 Å². The molecule has 3 rings (SSSR count). The molecule has 0 spiro atoms. The van der Waals surface area contributed by atoms with Gasteiger partial charge in [-0.25, -0.2) is 0 Å². The lowest BCUT2D eigenvalue weighted by atomic mass is 9.97. The molecule has 0 bridgehead atoms. The van der Waals surface area contributed by atoms with Crippen LogP contribution in [0, 0.1) is 0 Å². The molecule has 27 heavy (non-hydrogen) atoms. The monoisotopic (exact) mass is 382 g/mol. The number of anilines is 1. The molecule has 0 aromatic heterocycles. The van der Waals surface area contributed by atoms with Gasteiger partial charge in [-0.05, 0) is 42.0 Å². The van der Waals surface area contributed by atoms with Gasteiger partial charge in [-0.15, -0.1) is 0 Å². The summed E-state index contributed by atoms with van der Waals surface area (Å²) in [7, 11) is 1.65. The first-order valence-corrected chi connectivity index (χ1v) is 9.20. The molecule has 0 saturated heterocycles. The first kappa shape index (κ1) is 19.1. The lowest BCUT2D eigenvalue weighted by molar-refractivity contribution is 0.415. The van der Waals surface area contributed by atoms with Crippen LogP contribution in [-0.4, -0.2) is 25.3 Å². The zero-order chi connectivity index (χ0) is 19.1. The fourth-order valence-corrected chi connectivity index (χ4v) is 3.21. The van der Waals surface area contributed by atoms with Crippen LogP contribution < -0.4 is 15.4 Å². The quantitative estimate of drug-likeness (QED) is 0.488. The minimum atomic E-state index is -0.197. The van der Waals surface area contributed by atoms with Crippen LogP contribution in [-0.2, 0) is 0 Å². The fraction of sp³-hybridized carbons (Fsp3) is 0.182. The Morgan fingerprint density at radius 1 is 0.889 bits per heavy atom. The van der Waals surface area contributed by atoms with Crippen molar-refractivity contribution < 1.29 is 9.84 Å². The van der Waals surface area contributed by atoms with Crippen LogP contribution >= 0.6 is 11.6 Å². The van der Waals surface area contributed by atoms with Crippen molar-refractivity contribution >= 4 is 17.3 Å². The van der Waals surface area contributed by atoms with E-state index in [1.165, 1.54) is 0 Å². The van der Waals surface area contributed by atoms with Gasteiger partial charge in [-0.3, -0.25) is 0 Å². The molecule has 0 fully saturated rings. The standard InChI is InChI=1S/C22H23ClN2O2/c1-27-17-12-10-16(11-13-17)24-14-15-25-22(18-6-2-4-8-20(18)23)19-7-3-5-9-21(19)26/h2-13,22,24-26H,14-15H2,1H3. The molecule has 0 heterocycles. The van der Waals surface area contributed by atoms with Crippen LogP contribution in [0.15, 0.2) is 72.8 Å². The van der Waals surface area contributed by atoms with E-state index in [9.17, 15) is 5.11 Å². The molecule has 0 aliphatic carbocycles. The molecule has 4 nitrogen and oxygen atoms in total. The zero-order valence-corrected chi connectivity index (χ0v) is 15.9. The normalized spacial score (nSPS) is 11.8. The Morgan fingerprint density at radius 3 is 2.22 bits per heavy atom. The van der Waals surface area contributed by atoms with Gasteiger partial charge < -0.3 is 20.5 Å². The maximum atomic E-state index is 10.3. The number of benzene rings is 3. The van der Waals surface area contributed by atoms with Gasteiger partial charge in [-0.2, -0.15) is 0 Å². The molecule has 1 atom stereocenters. The average molecular weight is 383 g/mol. The van der Waals surface area contributed by atoms with E-state index in [0.717, 1.165) is 29.1 Å². The van der Waals surface area contributed by atoms with Gasteiger partial charge >= 0.3 is 0 Å². The van der Waals surface area contributed by atoms with Crippen molar-refractivity contribution in [2.24, 2.45) is 0 Å². The highest BCUT2D eigenvalue weighted by Gasteiger charge is 2.18. The molecule has 1 unspecified atom stereocenters. The molecule has 0 amide bonds. The van der Waals surface area contributed by atoms with Crippen molar-refractivity contribution in [2.75, 3.05) is 25.5 Å². The summed E-state index contributed by atoms with van der Waals surface area (Å²) in [4.78, 5) is 0. The number of halogens is 1. The number of phenols is 1. The van der Waals surface area contributed by atoms with Gasteiger partial charge in [0.1, 0.15) is 11.5 Å². The predicted octanol–water partition coefficient (Wildman–Crippen LogP) is 4.85. The topological polar surface area (TPSA) is 53.5 Å². The molecular weight excluding hydrogens is 360 g/mol. The molecule has 3 aromatic carbocycles. The van der Waals surface area contributed by atoms with Crippen molar-refractivity contribution in [1.29, 1.82) is 0 Å². The van der Waals surface area contributed by atoms with E-state index in [1.54, 1.807) is 13.2 Å². The second kappa shape index (κ2) is 9.31. The largest absolute Gasteiger partial charge is 0.508 e. The minimum Gasteiger partial charge on any atom is -0.508 e. The number of nitrogens with one attached hydrogen (secondary N) is 2. The molecular formula is C22H23ClN2O2. The number of phenolic OH excluding ortho intramolecular Hbond substituents is 1. The molecule has 0 saturated carbocycles. The number of hydrogen-bond acceptors (Lipinski definition) is 4. The third kappa shape index (κ3) is 4.94. The van der Waals surface area contributed by atoms with Gasteiger partial charge in [0.2, 0.25) is 0 Å². The zero-order valence-electron chi connectivity index (χ0n) is 15.2. The summed E-state index contributed by atoms with van der Waals surface area (Å²) >= 11 is 6.41.